The molecule has 1 heterocycles. The number of thiazole rings is 1. The number of allylic oxidation sites excluding steroid dienone is 2. The van der Waals surface area contributed by atoms with Crippen LogP contribution in [-0.4, -0.2) is 17.1 Å². The number of hydrazone groups is 1. The summed E-state index contributed by atoms with van der Waals surface area (Å²) in [5, 5.41) is 4.94. The van der Waals surface area contributed by atoms with Gasteiger partial charge in [0.1, 0.15) is 4.88 Å². The Labute approximate surface area is 111 Å². The van der Waals surface area contributed by atoms with E-state index in [9.17, 15) is 4.79 Å². The molecule has 4 nitrogen and oxygen atoms in total. The van der Waals surface area contributed by atoms with Gasteiger partial charge in [-0.15, -0.1) is 11.3 Å². The number of carbonyl (C=O) groups excluding carboxylic acids is 1. The molecular weight excluding hydrogens is 246 g/mol. The van der Waals surface area contributed by atoms with Gasteiger partial charge in [0.05, 0.1) is 10.7 Å². The van der Waals surface area contributed by atoms with Crippen molar-refractivity contribution >= 4 is 23.5 Å². The van der Waals surface area contributed by atoms with E-state index in [0.29, 0.717) is 10.8 Å². The summed E-state index contributed by atoms with van der Waals surface area (Å²) in [7, 11) is 0. The van der Waals surface area contributed by atoms with Crippen LogP contribution in [0.25, 0.3) is 0 Å². The van der Waals surface area contributed by atoms with Crippen LogP contribution in [0.1, 0.15) is 39.6 Å². The largest absolute Gasteiger partial charge is 0.283 e. The molecule has 5 heteroatoms. The molecule has 18 heavy (non-hydrogen) atoms. The molecule has 0 bridgehead atoms. The minimum absolute atomic E-state index is 0.166. The van der Waals surface area contributed by atoms with Crippen molar-refractivity contribution < 1.29 is 4.79 Å². The number of nitrogens with zero attached hydrogens (tertiary/aromatic N) is 2. The Hall–Kier alpha value is -1.49. The fourth-order valence-electron chi connectivity index (χ4n) is 1.95. The maximum absolute atomic E-state index is 11.9. The van der Waals surface area contributed by atoms with Gasteiger partial charge in [-0.2, -0.15) is 5.10 Å². The van der Waals surface area contributed by atoms with Crippen molar-refractivity contribution in [1.29, 1.82) is 0 Å². The van der Waals surface area contributed by atoms with Gasteiger partial charge in [0.25, 0.3) is 5.91 Å². The van der Waals surface area contributed by atoms with E-state index in [1.165, 1.54) is 11.3 Å². The molecule has 0 spiro atoms. The van der Waals surface area contributed by atoms with Crippen molar-refractivity contribution in [2.45, 2.75) is 33.1 Å². The quantitative estimate of drug-likeness (QED) is 0.518. The second-order valence-electron chi connectivity index (χ2n) is 4.41. The summed E-state index contributed by atoms with van der Waals surface area (Å²) in [6.07, 6.45) is 9.40. The molecule has 1 aliphatic carbocycles. The number of hydrogen-bond acceptors (Lipinski definition) is 4. The summed E-state index contributed by atoms with van der Waals surface area (Å²) in [5.74, 6) is 0.278. The highest BCUT2D eigenvalue weighted by Crippen LogP contribution is 2.17. The van der Waals surface area contributed by atoms with E-state index >= 15 is 0 Å². The molecule has 1 aliphatic rings. The van der Waals surface area contributed by atoms with Crippen molar-refractivity contribution in [2.75, 3.05) is 0 Å². The highest BCUT2D eigenvalue weighted by Gasteiger charge is 2.13. The molecule has 1 aromatic rings. The maximum Gasteiger partial charge on any atom is 0.283 e. The monoisotopic (exact) mass is 263 g/mol. The van der Waals surface area contributed by atoms with Crippen molar-refractivity contribution in [1.82, 2.24) is 10.4 Å². The van der Waals surface area contributed by atoms with Crippen molar-refractivity contribution in [2.24, 2.45) is 11.0 Å². The Morgan fingerprint density at radius 3 is 3.00 bits per heavy atom. The molecule has 0 radical (unpaired) electrons. The topological polar surface area (TPSA) is 54.4 Å². The Kier molecular flexibility index (Phi) is 4.25. The smallest absolute Gasteiger partial charge is 0.266 e. The average molecular weight is 263 g/mol. The molecular formula is C13H17N3OS. The van der Waals surface area contributed by atoms with E-state index in [0.717, 1.165) is 30.0 Å². The number of carbonyl (C=O) groups is 1. The molecule has 1 unspecified atom stereocenters. The first-order chi connectivity index (χ1) is 8.66. The highest BCUT2D eigenvalue weighted by atomic mass is 32.1. The van der Waals surface area contributed by atoms with Crippen LogP contribution in [0, 0.1) is 19.8 Å². The summed E-state index contributed by atoms with van der Waals surface area (Å²) in [6.45, 7) is 3.74. The predicted octanol–water partition coefficient (Wildman–Crippen LogP) is 2.83. The zero-order valence-corrected chi connectivity index (χ0v) is 11.5. The third-order valence-electron chi connectivity index (χ3n) is 2.87. The molecule has 1 N–H and O–H groups in total. The minimum atomic E-state index is -0.166. The van der Waals surface area contributed by atoms with Gasteiger partial charge in [-0.1, -0.05) is 12.2 Å². The first-order valence-corrected chi connectivity index (χ1v) is 6.91. The van der Waals surface area contributed by atoms with E-state index in [1.54, 1.807) is 0 Å². The second-order valence-corrected chi connectivity index (χ2v) is 5.61. The van der Waals surface area contributed by atoms with Crippen LogP contribution in [0.2, 0.25) is 0 Å². The molecule has 0 saturated heterocycles. The third-order valence-corrected chi connectivity index (χ3v) is 3.94. The number of rotatable bonds is 3. The molecule has 96 valence electrons. The normalized spacial score (nSPS) is 19.3. The van der Waals surface area contributed by atoms with Gasteiger partial charge in [-0.25, -0.2) is 10.4 Å². The average Bonchev–Trinajstić information content (AvgIpc) is 2.70. The van der Waals surface area contributed by atoms with Crippen LogP contribution in [0.4, 0.5) is 0 Å². The van der Waals surface area contributed by atoms with Crippen LogP contribution in [-0.2, 0) is 0 Å². The van der Waals surface area contributed by atoms with Gasteiger partial charge in [-0.05, 0) is 39.0 Å². The van der Waals surface area contributed by atoms with Gasteiger partial charge >= 0.3 is 0 Å². The third kappa shape index (κ3) is 3.26. The molecule has 1 aromatic heterocycles. The van der Waals surface area contributed by atoms with Crippen molar-refractivity contribution in [3.05, 3.63) is 27.7 Å². The summed E-state index contributed by atoms with van der Waals surface area (Å²) in [5.41, 5.74) is 3.35. The van der Waals surface area contributed by atoms with Gasteiger partial charge in [0.15, 0.2) is 0 Å². The molecule has 0 fully saturated rings. The fraction of sp³-hybridized carbons (Fsp3) is 0.462. The molecule has 2 rings (SSSR count). The Bertz CT molecular complexity index is 490. The lowest BCUT2D eigenvalue weighted by molar-refractivity contribution is 0.0958. The predicted molar refractivity (Wildman–Crippen MR) is 74.0 cm³/mol. The van der Waals surface area contributed by atoms with Gasteiger partial charge < -0.3 is 0 Å². The van der Waals surface area contributed by atoms with E-state index in [-0.39, 0.29) is 5.91 Å². The lowest BCUT2D eigenvalue weighted by atomic mass is 9.96. The van der Waals surface area contributed by atoms with Crippen LogP contribution in [0.3, 0.4) is 0 Å². The van der Waals surface area contributed by atoms with Crippen molar-refractivity contribution in [3.8, 4) is 0 Å². The molecule has 0 aromatic carbocycles. The molecule has 0 aliphatic heterocycles. The van der Waals surface area contributed by atoms with Crippen LogP contribution < -0.4 is 5.43 Å². The second kappa shape index (κ2) is 5.91. The van der Waals surface area contributed by atoms with E-state index in [2.05, 4.69) is 27.7 Å². The highest BCUT2D eigenvalue weighted by molar-refractivity contribution is 7.13. The molecule has 0 saturated carbocycles. The zero-order chi connectivity index (χ0) is 13.0. The Morgan fingerprint density at radius 2 is 2.39 bits per heavy atom. The van der Waals surface area contributed by atoms with Gasteiger partial charge in [0, 0.05) is 6.21 Å². The summed E-state index contributed by atoms with van der Waals surface area (Å²) < 4.78 is 0. The minimum Gasteiger partial charge on any atom is -0.266 e. The SMILES string of the molecule is Cc1nc(C)c(C(=O)N/N=C/C2CC=CCC2)s1. The zero-order valence-electron chi connectivity index (χ0n) is 10.6. The molecule has 1 amide bonds. The van der Waals surface area contributed by atoms with Crippen LogP contribution >= 0.6 is 11.3 Å². The van der Waals surface area contributed by atoms with Gasteiger partial charge in [0.2, 0.25) is 0 Å². The number of amides is 1. The standard InChI is InChI=1S/C13H17N3OS/c1-9-12(18-10(2)15-9)13(17)16-14-8-11-6-4-3-5-7-11/h3-4,8,11H,5-7H2,1-2H3,(H,16,17)/b14-8+. The summed E-state index contributed by atoms with van der Waals surface area (Å²) in [4.78, 5) is 16.7. The van der Waals surface area contributed by atoms with Crippen molar-refractivity contribution in [3.63, 3.8) is 0 Å². The fourth-order valence-corrected chi connectivity index (χ4v) is 2.76. The van der Waals surface area contributed by atoms with E-state index in [4.69, 9.17) is 0 Å². The lowest BCUT2D eigenvalue weighted by Crippen LogP contribution is -2.18. The van der Waals surface area contributed by atoms with E-state index < -0.39 is 0 Å². The number of aryl methyl sites for hydroxylation is 2. The number of hydrogen-bond donors (Lipinski definition) is 1. The Morgan fingerprint density at radius 1 is 1.56 bits per heavy atom. The van der Waals surface area contributed by atoms with Gasteiger partial charge in [-0.3, -0.25) is 4.79 Å². The number of nitrogens with one attached hydrogen (secondary N) is 1. The van der Waals surface area contributed by atoms with Crippen LogP contribution in [0.15, 0.2) is 17.3 Å². The lowest BCUT2D eigenvalue weighted by Gasteiger charge is -2.11. The summed E-state index contributed by atoms with van der Waals surface area (Å²) >= 11 is 1.40. The maximum atomic E-state index is 11.9. The van der Waals surface area contributed by atoms with Crippen LogP contribution in [0.5, 0.6) is 0 Å². The molecule has 1 atom stereocenters. The first kappa shape index (κ1) is 13.0. The first-order valence-electron chi connectivity index (χ1n) is 6.09. The van der Waals surface area contributed by atoms with E-state index in [1.807, 2.05) is 20.1 Å². The number of aromatic nitrogens is 1. The summed E-state index contributed by atoms with van der Waals surface area (Å²) in [6, 6.07) is 0. The Balaban J connectivity index is 1.90.